The second kappa shape index (κ2) is 5.57. The van der Waals surface area contributed by atoms with Gasteiger partial charge in [-0.1, -0.05) is 24.3 Å². The van der Waals surface area contributed by atoms with Crippen molar-refractivity contribution >= 4 is 22.9 Å². The van der Waals surface area contributed by atoms with Crippen molar-refractivity contribution in [2.24, 2.45) is 0 Å². The first-order valence-electron chi connectivity index (χ1n) is 7.68. The average Bonchev–Trinajstić information content (AvgIpc) is 2.99. The molecule has 1 aliphatic rings. The number of carbonyl (C=O) groups is 2. The number of para-hydroxylation sites is 1. The highest BCUT2D eigenvalue weighted by Crippen LogP contribution is 2.33. The van der Waals surface area contributed by atoms with E-state index >= 15 is 0 Å². The van der Waals surface area contributed by atoms with E-state index in [9.17, 15) is 9.59 Å². The van der Waals surface area contributed by atoms with Crippen molar-refractivity contribution in [3.8, 4) is 0 Å². The van der Waals surface area contributed by atoms with E-state index in [1.807, 2.05) is 44.3 Å². The van der Waals surface area contributed by atoms with Crippen LogP contribution < -0.4 is 0 Å². The SMILES string of the molecule is C/C=C/C(=O)N1C(=O)OC(C)(C)[C@@H]1Cc1c[nH]c2ccccc12. The molecule has 1 saturated heterocycles. The van der Waals surface area contributed by atoms with Crippen molar-refractivity contribution in [3.05, 3.63) is 48.2 Å². The molecule has 1 N–H and O–H groups in total. The van der Waals surface area contributed by atoms with E-state index in [-0.39, 0.29) is 11.9 Å². The summed E-state index contributed by atoms with van der Waals surface area (Å²) < 4.78 is 5.42. The first kappa shape index (κ1) is 15.3. The van der Waals surface area contributed by atoms with Crippen LogP contribution in [0, 0.1) is 0 Å². The van der Waals surface area contributed by atoms with Gasteiger partial charge in [0.05, 0.1) is 6.04 Å². The molecule has 23 heavy (non-hydrogen) atoms. The number of carbonyl (C=O) groups excluding carboxylic acids is 2. The molecular weight excluding hydrogens is 292 g/mol. The zero-order valence-electron chi connectivity index (χ0n) is 13.5. The predicted octanol–water partition coefficient (Wildman–Crippen LogP) is 3.41. The van der Waals surface area contributed by atoms with Crippen LogP contribution in [-0.4, -0.2) is 33.5 Å². The molecule has 0 unspecified atom stereocenters. The maximum Gasteiger partial charge on any atom is 0.417 e. The Morgan fingerprint density at radius 2 is 2.13 bits per heavy atom. The molecule has 0 bridgehead atoms. The molecule has 0 spiro atoms. The number of H-pyrrole nitrogens is 1. The Morgan fingerprint density at radius 1 is 1.39 bits per heavy atom. The summed E-state index contributed by atoms with van der Waals surface area (Å²) in [4.78, 5) is 28.9. The summed E-state index contributed by atoms with van der Waals surface area (Å²) in [5, 5.41) is 1.10. The van der Waals surface area contributed by atoms with Gasteiger partial charge in [-0.25, -0.2) is 9.69 Å². The van der Waals surface area contributed by atoms with Gasteiger partial charge in [0.25, 0.3) is 5.91 Å². The van der Waals surface area contributed by atoms with Crippen LogP contribution in [0.25, 0.3) is 10.9 Å². The largest absolute Gasteiger partial charge is 0.441 e. The van der Waals surface area contributed by atoms with Gasteiger partial charge in [0.2, 0.25) is 0 Å². The molecule has 0 aliphatic carbocycles. The zero-order valence-corrected chi connectivity index (χ0v) is 13.5. The standard InChI is InChI=1S/C18H20N2O3/c1-4-7-16(21)20-15(18(2,3)23-17(20)22)10-12-11-19-14-9-6-5-8-13(12)14/h4-9,11,15,19H,10H2,1-3H3/b7-4+/t15-/m0/s1. The third kappa shape index (κ3) is 2.63. The fourth-order valence-electron chi connectivity index (χ4n) is 3.09. The molecule has 3 rings (SSSR count). The lowest BCUT2D eigenvalue weighted by molar-refractivity contribution is -0.124. The number of ether oxygens (including phenoxy) is 1. The quantitative estimate of drug-likeness (QED) is 0.883. The van der Waals surface area contributed by atoms with Crippen molar-refractivity contribution in [1.29, 1.82) is 0 Å². The number of hydrogen-bond donors (Lipinski definition) is 1. The molecule has 2 amide bonds. The van der Waals surface area contributed by atoms with Crippen molar-refractivity contribution in [2.45, 2.75) is 38.8 Å². The van der Waals surface area contributed by atoms with E-state index in [2.05, 4.69) is 4.98 Å². The smallest absolute Gasteiger partial charge is 0.417 e. The molecule has 2 aromatic rings. The van der Waals surface area contributed by atoms with Gasteiger partial charge in [0, 0.05) is 17.1 Å². The number of benzene rings is 1. The number of nitrogens with one attached hydrogen (secondary N) is 1. The number of rotatable bonds is 3. The minimum Gasteiger partial charge on any atom is -0.441 e. The lowest BCUT2D eigenvalue weighted by Gasteiger charge is -2.27. The molecule has 5 heteroatoms. The predicted molar refractivity (Wildman–Crippen MR) is 88.0 cm³/mol. The number of hydrogen-bond acceptors (Lipinski definition) is 3. The van der Waals surface area contributed by atoms with Crippen LogP contribution in [0.15, 0.2) is 42.6 Å². The first-order chi connectivity index (χ1) is 10.9. The third-order valence-electron chi connectivity index (χ3n) is 4.30. The third-order valence-corrected chi connectivity index (χ3v) is 4.30. The highest BCUT2D eigenvalue weighted by atomic mass is 16.6. The molecule has 1 aromatic heterocycles. The minimum atomic E-state index is -0.729. The topological polar surface area (TPSA) is 62.4 Å². The molecule has 0 saturated carbocycles. The van der Waals surface area contributed by atoms with Gasteiger partial charge in [-0.15, -0.1) is 0 Å². The molecule has 120 valence electrons. The Bertz CT molecular complexity index is 788. The Kier molecular flexibility index (Phi) is 3.72. The Balaban J connectivity index is 1.97. The molecular formula is C18H20N2O3. The second-order valence-electron chi connectivity index (χ2n) is 6.26. The molecule has 1 atom stereocenters. The van der Waals surface area contributed by atoms with Crippen LogP contribution in [0.4, 0.5) is 4.79 Å². The summed E-state index contributed by atoms with van der Waals surface area (Å²) in [6, 6.07) is 7.63. The van der Waals surface area contributed by atoms with Gasteiger partial charge in [0.15, 0.2) is 0 Å². The molecule has 1 aromatic carbocycles. The van der Waals surface area contributed by atoms with Gasteiger partial charge in [0.1, 0.15) is 5.60 Å². The van der Waals surface area contributed by atoms with Crippen LogP contribution >= 0.6 is 0 Å². The second-order valence-corrected chi connectivity index (χ2v) is 6.26. The van der Waals surface area contributed by atoms with Crippen LogP contribution in [0.1, 0.15) is 26.3 Å². The van der Waals surface area contributed by atoms with Crippen LogP contribution in [0.2, 0.25) is 0 Å². The lowest BCUT2D eigenvalue weighted by Crippen LogP contribution is -2.45. The first-order valence-corrected chi connectivity index (χ1v) is 7.68. The van der Waals surface area contributed by atoms with E-state index < -0.39 is 11.7 Å². The van der Waals surface area contributed by atoms with Gasteiger partial charge < -0.3 is 9.72 Å². The van der Waals surface area contributed by atoms with E-state index in [1.54, 1.807) is 13.0 Å². The molecule has 5 nitrogen and oxygen atoms in total. The number of imide groups is 1. The summed E-state index contributed by atoms with van der Waals surface area (Å²) in [6.45, 7) is 5.43. The van der Waals surface area contributed by atoms with E-state index in [0.717, 1.165) is 16.5 Å². The molecule has 1 fully saturated rings. The summed E-state index contributed by atoms with van der Waals surface area (Å²) in [7, 11) is 0. The monoisotopic (exact) mass is 312 g/mol. The normalized spacial score (nSPS) is 20.4. The molecule has 0 radical (unpaired) electrons. The van der Waals surface area contributed by atoms with Crippen LogP contribution in [0.5, 0.6) is 0 Å². The van der Waals surface area contributed by atoms with Crippen LogP contribution in [-0.2, 0) is 16.0 Å². The summed E-state index contributed by atoms with van der Waals surface area (Å²) in [5.74, 6) is -0.340. The Labute approximate surface area is 134 Å². The number of aromatic amines is 1. The molecule has 1 aliphatic heterocycles. The fourth-order valence-corrected chi connectivity index (χ4v) is 3.09. The minimum absolute atomic E-state index is 0.340. The maximum absolute atomic E-state index is 12.3. The highest BCUT2D eigenvalue weighted by molar-refractivity contribution is 6.00. The Morgan fingerprint density at radius 3 is 2.87 bits per heavy atom. The van der Waals surface area contributed by atoms with Crippen molar-refractivity contribution in [3.63, 3.8) is 0 Å². The van der Waals surface area contributed by atoms with Gasteiger partial charge in [-0.05, 0) is 44.9 Å². The lowest BCUT2D eigenvalue weighted by atomic mass is 9.92. The summed E-state index contributed by atoms with van der Waals surface area (Å²) in [6.07, 6.45) is 4.92. The van der Waals surface area contributed by atoms with Crippen LogP contribution in [0.3, 0.4) is 0 Å². The summed E-state index contributed by atoms with van der Waals surface area (Å²) in [5.41, 5.74) is 1.37. The summed E-state index contributed by atoms with van der Waals surface area (Å²) >= 11 is 0. The average molecular weight is 312 g/mol. The highest BCUT2D eigenvalue weighted by Gasteiger charge is 2.50. The van der Waals surface area contributed by atoms with Crippen molar-refractivity contribution in [2.75, 3.05) is 0 Å². The number of fused-ring (bicyclic) bond motifs is 1. The molecule has 2 heterocycles. The number of allylic oxidation sites excluding steroid dienone is 1. The Hall–Kier alpha value is -2.56. The van der Waals surface area contributed by atoms with Gasteiger partial charge in [-0.2, -0.15) is 0 Å². The maximum atomic E-state index is 12.3. The fraction of sp³-hybridized carbons (Fsp3) is 0.333. The number of cyclic esters (lactones) is 1. The van der Waals surface area contributed by atoms with Crippen molar-refractivity contribution < 1.29 is 14.3 Å². The van der Waals surface area contributed by atoms with Crippen molar-refractivity contribution in [1.82, 2.24) is 9.88 Å². The number of amides is 2. The van der Waals surface area contributed by atoms with E-state index in [0.29, 0.717) is 6.42 Å². The van der Waals surface area contributed by atoms with E-state index in [4.69, 9.17) is 4.74 Å². The number of nitrogens with zero attached hydrogens (tertiary/aromatic N) is 1. The van der Waals surface area contributed by atoms with E-state index in [1.165, 1.54) is 11.0 Å². The number of aromatic nitrogens is 1. The zero-order chi connectivity index (χ0) is 16.6. The van der Waals surface area contributed by atoms with Gasteiger partial charge >= 0.3 is 6.09 Å². The van der Waals surface area contributed by atoms with Gasteiger partial charge in [-0.3, -0.25) is 4.79 Å².